The molecule has 1 aromatic rings. The monoisotopic (exact) mass is 250 g/mol. The van der Waals surface area contributed by atoms with Crippen LogP contribution in [0, 0.1) is 18.8 Å². The third-order valence-electron chi connectivity index (χ3n) is 4.52. The summed E-state index contributed by atoms with van der Waals surface area (Å²) in [5.74, 6) is 1.12. The zero-order valence-electron chi connectivity index (χ0n) is 12.1. The van der Waals surface area contributed by atoms with E-state index in [1.165, 1.54) is 5.69 Å². The third-order valence-corrected chi connectivity index (χ3v) is 4.52. The van der Waals surface area contributed by atoms with Gasteiger partial charge in [0.25, 0.3) is 0 Å². The maximum atomic E-state index is 10.9. The van der Waals surface area contributed by atoms with E-state index in [0.29, 0.717) is 5.92 Å². The van der Waals surface area contributed by atoms with Crippen molar-refractivity contribution in [2.24, 2.45) is 11.8 Å². The fourth-order valence-corrected chi connectivity index (χ4v) is 3.27. The summed E-state index contributed by atoms with van der Waals surface area (Å²) in [5.41, 5.74) is 1.69. The summed E-state index contributed by atoms with van der Waals surface area (Å²) in [6.45, 7) is 9.48. The molecule has 2 rings (SSSR count). The van der Waals surface area contributed by atoms with Gasteiger partial charge in [-0.2, -0.15) is 5.10 Å². The van der Waals surface area contributed by atoms with Crippen molar-refractivity contribution in [1.82, 2.24) is 9.78 Å². The molecule has 0 saturated heterocycles. The quantitative estimate of drug-likeness (QED) is 0.895. The highest BCUT2D eigenvalue weighted by atomic mass is 16.3. The van der Waals surface area contributed by atoms with E-state index in [1.54, 1.807) is 0 Å². The SMILES string of the molecule is CCn1nc(C)cc1CC1(O)CCC(C)CC1C. The molecule has 1 heterocycles. The summed E-state index contributed by atoms with van der Waals surface area (Å²) in [6, 6.07) is 2.12. The Hall–Kier alpha value is -0.830. The second-order valence-corrected chi connectivity index (χ2v) is 6.15. The molecule has 0 aromatic carbocycles. The van der Waals surface area contributed by atoms with Crippen LogP contribution >= 0.6 is 0 Å². The van der Waals surface area contributed by atoms with Crippen molar-refractivity contribution in [1.29, 1.82) is 0 Å². The largest absolute Gasteiger partial charge is 0.389 e. The molecule has 18 heavy (non-hydrogen) atoms. The molecule has 1 aromatic heterocycles. The Balaban J connectivity index is 2.16. The van der Waals surface area contributed by atoms with Gasteiger partial charge in [-0.1, -0.05) is 13.8 Å². The highest BCUT2D eigenvalue weighted by Crippen LogP contribution is 2.38. The first-order chi connectivity index (χ1) is 8.44. The lowest BCUT2D eigenvalue weighted by molar-refractivity contribution is -0.0535. The average molecular weight is 250 g/mol. The predicted octanol–water partition coefficient (Wildman–Crippen LogP) is 2.94. The van der Waals surface area contributed by atoms with Crippen molar-refractivity contribution in [3.05, 3.63) is 17.5 Å². The summed E-state index contributed by atoms with van der Waals surface area (Å²) in [5, 5.41) is 15.4. The van der Waals surface area contributed by atoms with Crippen LogP contribution < -0.4 is 0 Å². The molecule has 3 unspecified atom stereocenters. The molecule has 1 fully saturated rings. The third kappa shape index (κ3) is 2.61. The maximum absolute atomic E-state index is 10.9. The van der Waals surface area contributed by atoms with Crippen molar-refractivity contribution < 1.29 is 5.11 Å². The Labute approximate surface area is 110 Å². The van der Waals surface area contributed by atoms with Gasteiger partial charge in [-0.25, -0.2) is 0 Å². The molecule has 1 aliphatic rings. The van der Waals surface area contributed by atoms with E-state index in [2.05, 4.69) is 31.9 Å². The lowest BCUT2D eigenvalue weighted by Gasteiger charge is -2.40. The molecule has 0 radical (unpaired) electrons. The number of aryl methyl sites for hydroxylation is 2. The molecule has 0 amide bonds. The van der Waals surface area contributed by atoms with E-state index < -0.39 is 5.60 Å². The van der Waals surface area contributed by atoms with Crippen LogP contribution in [0.1, 0.15) is 51.4 Å². The summed E-state index contributed by atoms with van der Waals surface area (Å²) in [4.78, 5) is 0. The summed E-state index contributed by atoms with van der Waals surface area (Å²) < 4.78 is 2.03. The van der Waals surface area contributed by atoms with Gasteiger partial charge in [0, 0.05) is 18.7 Å². The number of hydrogen-bond acceptors (Lipinski definition) is 2. The van der Waals surface area contributed by atoms with Crippen LogP contribution in [0.25, 0.3) is 0 Å². The lowest BCUT2D eigenvalue weighted by atomic mass is 9.70. The van der Waals surface area contributed by atoms with Crippen molar-refractivity contribution in [3.63, 3.8) is 0 Å². The second-order valence-electron chi connectivity index (χ2n) is 6.15. The van der Waals surface area contributed by atoms with Gasteiger partial charge in [0.05, 0.1) is 11.3 Å². The molecule has 3 atom stereocenters. The fourth-order valence-electron chi connectivity index (χ4n) is 3.27. The Kier molecular flexibility index (Phi) is 3.81. The van der Waals surface area contributed by atoms with Gasteiger partial charge in [-0.15, -0.1) is 0 Å². The molecule has 0 spiro atoms. The number of hydrogen-bond donors (Lipinski definition) is 1. The highest BCUT2D eigenvalue weighted by molar-refractivity contribution is 5.13. The minimum Gasteiger partial charge on any atom is -0.389 e. The van der Waals surface area contributed by atoms with Gasteiger partial charge in [-0.05, 0) is 51.0 Å². The number of nitrogens with zero attached hydrogens (tertiary/aromatic N) is 2. The van der Waals surface area contributed by atoms with E-state index in [1.807, 2.05) is 11.6 Å². The van der Waals surface area contributed by atoms with Crippen LogP contribution in [0.3, 0.4) is 0 Å². The molecular weight excluding hydrogens is 224 g/mol. The first-order valence-electron chi connectivity index (χ1n) is 7.20. The van der Waals surface area contributed by atoms with Gasteiger partial charge in [-0.3, -0.25) is 4.68 Å². The van der Waals surface area contributed by atoms with E-state index in [4.69, 9.17) is 0 Å². The van der Waals surface area contributed by atoms with Crippen LogP contribution in [-0.4, -0.2) is 20.5 Å². The van der Waals surface area contributed by atoms with Crippen molar-refractivity contribution in [2.45, 2.75) is 65.5 Å². The minimum absolute atomic E-state index is 0.377. The summed E-state index contributed by atoms with van der Waals surface area (Å²) in [7, 11) is 0. The summed E-state index contributed by atoms with van der Waals surface area (Å²) in [6.07, 6.45) is 3.94. The molecule has 1 aliphatic carbocycles. The van der Waals surface area contributed by atoms with Gasteiger partial charge in [0.2, 0.25) is 0 Å². The van der Waals surface area contributed by atoms with Crippen molar-refractivity contribution >= 4 is 0 Å². The van der Waals surface area contributed by atoms with Crippen LogP contribution in [0.5, 0.6) is 0 Å². The topological polar surface area (TPSA) is 38.0 Å². The minimum atomic E-state index is -0.536. The zero-order valence-corrected chi connectivity index (χ0v) is 12.1. The van der Waals surface area contributed by atoms with Gasteiger partial charge >= 0.3 is 0 Å². The standard InChI is InChI=1S/C15H26N2O/c1-5-17-14(9-13(4)16-17)10-15(18)7-6-11(2)8-12(15)3/h9,11-12,18H,5-8,10H2,1-4H3. The second kappa shape index (κ2) is 5.04. The molecule has 0 aliphatic heterocycles. The van der Waals surface area contributed by atoms with Crippen LogP contribution in [0.15, 0.2) is 6.07 Å². The normalized spacial score (nSPS) is 32.7. The van der Waals surface area contributed by atoms with E-state index in [0.717, 1.165) is 43.8 Å². The molecule has 3 heteroatoms. The van der Waals surface area contributed by atoms with Gasteiger partial charge < -0.3 is 5.11 Å². The molecular formula is C15H26N2O. The van der Waals surface area contributed by atoms with Crippen molar-refractivity contribution in [2.75, 3.05) is 0 Å². The predicted molar refractivity (Wildman–Crippen MR) is 73.5 cm³/mol. The molecule has 1 N–H and O–H groups in total. The van der Waals surface area contributed by atoms with E-state index >= 15 is 0 Å². The van der Waals surface area contributed by atoms with Crippen LogP contribution in [0.2, 0.25) is 0 Å². The number of rotatable bonds is 3. The van der Waals surface area contributed by atoms with E-state index in [-0.39, 0.29) is 0 Å². The molecule has 3 nitrogen and oxygen atoms in total. The van der Waals surface area contributed by atoms with E-state index in [9.17, 15) is 5.11 Å². The smallest absolute Gasteiger partial charge is 0.0728 e. The zero-order chi connectivity index (χ0) is 13.3. The molecule has 0 bridgehead atoms. The molecule has 1 saturated carbocycles. The highest BCUT2D eigenvalue weighted by Gasteiger charge is 2.39. The Morgan fingerprint density at radius 1 is 1.50 bits per heavy atom. The number of aromatic nitrogens is 2. The molecule has 102 valence electrons. The Morgan fingerprint density at radius 2 is 2.22 bits per heavy atom. The Bertz CT molecular complexity index is 413. The first-order valence-corrected chi connectivity index (χ1v) is 7.20. The average Bonchev–Trinajstić information content (AvgIpc) is 2.65. The Morgan fingerprint density at radius 3 is 2.83 bits per heavy atom. The number of aliphatic hydroxyl groups is 1. The van der Waals surface area contributed by atoms with Crippen LogP contribution in [0.4, 0.5) is 0 Å². The fraction of sp³-hybridized carbons (Fsp3) is 0.800. The summed E-state index contributed by atoms with van der Waals surface area (Å²) >= 11 is 0. The lowest BCUT2D eigenvalue weighted by Crippen LogP contribution is -2.43. The van der Waals surface area contributed by atoms with Crippen molar-refractivity contribution in [3.8, 4) is 0 Å². The maximum Gasteiger partial charge on any atom is 0.0728 e. The first kappa shape index (κ1) is 13.6. The van der Waals surface area contributed by atoms with Gasteiger partial charge in [0.1, 0.15) is 0 Å². The van der Waals surface area contributed by atoms with Gasteiger partial charge in [0.15, 0.2) is 0 Å². The van der Waals surface area contributed by atoms with Crippen LogP contribution in [-0.2, 0) is 13.0 Å².